The molecule has 0 unspecified atom stereocenters. The normalized spacial score (nSPS) is 20.8. The van der Waals surface area contributed by atoms with E-state index in [-0.39, 0.29) is 0 Å². The van der Waals surface area contributed by atoms with Gasteiger partial charge in [0.25, 0.3) is 0 Å². The highest BCUT2D eigenvalue weighted by Gasteiger charge is 2.07. The van der Waals surface area contributed by atoms with Crippen molar-refractivity contribution in [2.75, 3.05) is 26.2 Å². The Balaban J connectivity index is 2.30. The lowest BCUT2D eigenvalue weighted by Gasteiger charge is -2.24. The summed E-state index contributed by atoms with van der Waals surface area (Å²) in [5.41, 5.74) is 6.93. The summed E-state index contributed by atoms with van der Waals surface area (Å²) < 4.78 is 0. The molecule has 0 fully saturated rings. The molecule has 0 radical (unpaired) electrons. The van der Waals surface area contributed by atoms with Crippen molar-refractivity contribution in [3.8, 4) is 0 Å². The average Bonchev–Trinajstić information content (AvgIpc) is 1.88. The highest BCUT2D eigenvalue weighted by Crippen LogP contribution is 2.06. The second-order valence-electron chi connectivity index (χ2n) is 2.90. The van der Waals surface area contributed by atoms with Crippen molar-refractivity contribution >= 4 is 0 Å². The monoisotopic (exact) mass is 140 g/mol. The van der Waals surface area contributed by atoms with Gasteiger partial charge in [0.2, 0.25) is 0 Å². The van der Waals surface area contributed by atoms with Crippen molar-refractivity contribution in [2.45, 2.75) is 13.3 Å². The molecule has 0 bridgehead atoms. The Morgan fingerprint density at radius 1 is 1.70 bits per heavy atom. The van der Waals surface area contributed by atoms with E-state index < -0.39 is 0 Å². The molecule has 2 N–H and O–H groups in total. The van der Waals surface area contributed by atoms with Gasteiger partial charge in [0.1, 0.15) is 0 Å². The van der Waals surface area contributed by atoms with Gasteiger partial charge in [-0.05, 0) is 13.3 Å². The van der Waals surface area contributed by atoms with Crippen molar-refractivity contribution in [1.82, 2.24) is 4.90 Å². The van der Waals surface area contributed by atoms with Crippen LogP contribution in [0.15, 0.2) is 11.6 Å². The minimum Gasteiger partial charge on any atom is -0.329 e. The van der Waals surface area contributed by atoms with E-state index in [1.165, 1.54) is 18.5 Å². The molecule has 0 spiro atoms. The first kappa shape index (κ1) is 7.76. The molecule has 2 heteroatoms. The first-order chi connectivity index (χ1) is 4.83. The summed E-state index contributed by atoms with van der Waals surface area (Å²) in [6.45, 7) is 6.33. The molecule has 1 rings (SSSR count). The van der Waals surface area contributed by atoms with Crippen LogP contribution >= 0.6 is 0 Å². The molecule has 2 nitrogen and oxygen atoms in total. The second kappa shape index (κ2) is 3.74. The number of rotatable bonds is 2. The summed E-state index contributed by atoms with van der Waals surface area (Å²) in [4.78, 5) is 2.40. The first-order valence-corrected chi connectivity index (χ1v) is 3.91. The number of hydrogen-bond donors (Lipinski definition) is 1. The van der Waals surface area contributed by atoms with Gasteiger partial charge in [-0.2, -0.15) is 0 Å². The van der Waals surface area contributed by atoms with Crippen LogP contribution in [-0.2, 0) is 0 Å². The first-order valence-electron chi connectivity index (χ1n) is 3.91. The number of nitrogens with two attached hydrogens (primary N) is 1. The Morgan fingerprint density at radius 2 is 2.50 bits per heavy atom. The van der Waals surface area contributed by atoms with E-state index in [1.807, 2.05) is 0 Å². The SMILES string of the molecule is CC1=CCCN(CCN)C1. The Hall–Kier alpha value is -0.340. The van der Waals surface area contributed by atoms with Gasteiger partial charge in [0, 0.05) is 26.2 Å². The third-order valence-corrected chi connectivity index (χ3v) is 1.86. The zero-order valence-electron chi connectivity index (χ0n) is 6.64. The molecular formula is C8H16N2. The third-order valence-electron chi connectivity index (χ3n) is 1.86. The van der Waals surface area contributed by atoms with Crippen molar-refractivity contribution in [2.24, 2.45) is 5.73 Å². The topological polar surface area (TPSA) is 29.3 Å². The van der Waals surface area contributed by atoms with Crippen LogP contribution < -0.4 is 5.73 Å². The quantitative estimate of drug-likeness (QED) is 0.569. The Morgan fingerprint density at radius 3 is 3.10 bits per heavy atom. The van der Waals surface area contributed by atoms with E-state index in [0.29, 0.717) is 0 Å². The predicted molar refractivity (Wildman–Crippen MR) is 43.9 cm³/mol. The van der Waals surface area contributed by atoms with Crippen LogP contribution in [0.1, 0.15) is 13.3 Å². The van der Waals surface area contributed by atoms with Crippen LogP contribution in [-0.4, -0.2) is 31.1 Å². The lowest BCUT2D eigenvalue weighted by Crippen LogP contribution is -2.33. The van der Waals surface area contributed by atoms with Gasteiger partial charge in [0.05, 0.1) is 0 Å². The van der Waals surface area contributed by atoms with Crippen LogP contribution in [0.25, 0.3) is 0 Å². The van der Waals surface area contributed by atoms with Gasteiger partial charge < -0.3 is 5.73 Å². The van der Waals surface area contributed by atoms with Gasteiger partial charge in [-0.25, -0.2) is 0 Å². The molecular weight excluding hydrogens is 124 g/mol. The van der Waals surface area contributed by atoms with Crippen LogP contribution in [0.2, 0.25) is 0 Å². The molecule has 0 aromatic heterocycles. The van der Waals surface area contributed by atoms with Gasteiger partial charge in [-0.3, -0.25) is 4.90 Å². The smallest absolute Gasteiger partial charge is 0.0190 e. The van der Waals surface area contributed by atoms with Crippen LogP contribution in [0.5, 0.6) is 0 Å². The van der Waals surface area contributed by atoms with E-state index in [1.54, 1.807) is 0 Å². The van der Waals surface area contributed by atoms with E-state index in [0.717, 1.165) is 19.6 Å². The van der Waals surface area contributed by atoms with Crippen molar-refractivity contribution in [3.63, 3.8) is 0 Å². The highest BCUT2D eigenvalue weighted by molar-refractivity contribution is 5.04. The minimum atomic E-state index is 0.785. The summed E-state index contributed by atoms with van der Waals surface area (Å²) in [6, 6.07) is 0. The maximum Gasteiger partial charge on any atom is 0.0190 e. The fourth-order valence-corrected chi connectivity index (χ4v) is 1.36. The minimum absolute atomic E-state index is 0.785. The van der Waals surface area contributed by atoms with Crippen molar-refractivity contribution in [3.05, 3.63) is 11.6 Å². The molecule has 1 aliphatic rings. The van der Waals surface area contributed by atoms with Gasteiger partial charge >= 0.3 is 0 Å². The molecule has 58 valence electrons. The second-order valence-corrected chi connectivity index (χ2v) is 2.90. The fourth-order valence-electron chi connectivity index (χ4n) is 1.36. The molecule has 0 saturated heterocycles. The Kier molecular flexibility index (Phi) is 2.90. The van der Waals surface area contributed by atoms with Crippen LogP contribution in [0.4, 0.5) is 0 Å². The maximum absolute atomic E-state index is 5.44. The van der Waals surface area contributed by atoms with E-state index in [9.17, 15) is 0 Å². The molecule has 0 amide bonds. The van der Waals surface area contributed by atoms with E-state index >= 15 is 0 Å². The lowest BCUT2D eigenvalue weighted by atomic mass is 10.1. The number of nitrogens with zero attached hydrogens (tertiary/aromatic N) is 1. The Labute approximate surface area is 62.7 Å². The van der Waals surface area contributed by atoms with Crippen LogP contribution in [0, 0.1) is 0 Å². The molecule has 1 heterocycles. The molecule has 1 aliphatic heterocycles. The maximum atomic E-state index is 5.44. The van der Waals surface area contributed by atoms with E-state index in [2.05, 4.69) is 17.9 Å². The van der Waals surface area contributed by atoms with Gasteiger partial charge in [-0.1, -0.05) is 11.6 Å². The predicted octanol–water partition coefficient (Wildman–Crippen LogP) is 0.597. The summed E-state index contributed by atoms with van der Waals surface area (Å²) in [7, 11) is 0. The summed E-state index contributed by atoms with van der Waals surface area (Å²) >= 11 is 0. The largest absolute Gasteiger partial charge is 0.329 e. The van der Waals surface area contributed by atoms with Crippen LogP contribution in [0.3, 0.4) is 0 Å². The van der Waals surface area contributed by atoms with Gasteiger partial charge in [0.15, 0.2) is 0 Å². The number of hydrogen-bond acceptors (Lipinski definition) is 2. The van der Waals surface area contributed by atoms with Crippen molar-refractivity contribution in [1.29, 1.82) is 0 Å². The zero-order valence-corrected chi connectivity index (χ0v) is 6.64. The highest BCUT2D eigenvalue weighted by atomic mass is 15.1. The molecule has 0 aliphatic carbocycles. The molecule has 10 heavy (non-hydrogen) atoms. The summed E-state index contributed by atoms with van der Waals surface area (Å²) in [6.07, 6.45) is 3.51. The molecule has 0 saturated carbocycles. The summed E-state index contributed by atoms with van der Waals surface area (Å²) in [5, 5.41) is 0. The standard InChI is InChI=1S/C8H16N2/c1-8-3-2-5-10(7-8)6-4-9/h3H,2,4-7,9H2,1H3. The van der Waals surface area contributed by atoms with E-state index in [4.69, 9.17) is 5.73 Å². The molecule has 0 aromatic carbocycles. The summed E-state index contributed by atoms with van der Waals surface area (Å²) in [5.74, 6) is 0. The lowest BCUT2D eigenvalue weighted by molar-refractivity contribution is 0.298. The zero-order chi connectivity index (χ0) is 7.40. The third kappa shape index (κ3) is 2.12. The molecule has 0 aromatic rings. The van der Waals surface area contributed by atoms with Crippen molar-refractivity contribution < 1.29 is 0 Å². The Bertz CT molecular complexity index is 129. The van der Waals surface area contributed by atoms with Gasteiger partial charge in [-0.15, -0.1) is 0 Å². The molecule has 0 atom stereocenters. The fraction of sp³-hybridized carbons (Fsp3) is 0.750. The average molecular weight is 140 g/mol.